The lowest BCUT2D eigenvalue weighted by Gasteiger charge is -2.26. The molecule has 0 spiro atoms. The third-order valence-corrected chi connectivity index (χ3v) is 5.25. The Morgan fingerprint density at radius 1 is 1.03 bits per heavy atom. The van der Waals surface area contributed by atoms with E-state index in [0.717, 1.165) is 40.2 Å². The monoisotopic (exact) mass is 402 g/mol. The third kappa shape index (κ3) is 4.17. The first-order valence-corrected chi connectivity index (χ1v) is 9.93. The number of tetrazole rings is 1. The summed E-state index contributed by atoms with van der Waals surface area (Å²) in [6, 6.07) is 20.7. The second kappa shape index (κ2) is 9.02. The maximum absolute atomic E-state index is 5.57. The summed E-state index contributed by atoms with van der Waals surface area (Å²) in [5, 5.41) is 15.7. The Balaban J connectivity index is 1.56. The van der Waals surface area contributed by atoms with Crippen molar-refractivity contribution < 1.29 is 4.74 Å². The number of para-hydroxylation sites is 1. The molecular weight excluding hydrogens is 376 g/mol. The molecule has 2 aromatic heterocycles. The standard InChI is InChI=1S/C23H26N6O/c1-28(2)21(20-11-7-8-12-22(20)30-3)15-24-14-18-13-19(17-9-5-4-6-10-17)16-29-23(18)25-26-27-29/h4-13,16,21,24H,14-15H2,1-3H3/t21-/m1/s1. The predicted octanol–water partition coefficient (Wildman–Crippen LogP) is 3.19. The Kier molecular flexibility index (Phi) is 6.02. The highest BCUT2D eigenvalue weighted by atomic mass is 16.5. The number of likely N-dealkylation sites (N-methyl/N-ethyl adjacent to an activating group) is 1. The van der Waals surface area contributed by atoms with Crippen LogP contribution in [-0.4, -0.2) is 52.7 Å². The zero-order valence-corrected chi connectivity index (χ0v) is 17.5. The number of nitrogens with one attached hydrogen (secondary N) is 1. The molecule has 0 bridgehead atoms. The molecule has 7 nitrogen and oxygen atoms in total. The highest BCUT2D eigenvalue weighted by Gasteiger charge is 2.18. The van der Waals surface area contributed by atoms with Crippen molar-refractivity contribution in [2.75, 3.05) is 27.7 Å². The molecule has 0 fully saturated rings. The van der Waals surface area contributed by atoms with Gasteiger partial charge in [0.2, 0.25) is 0 Å². The minimum atomic E-state index is 0.172. The summed E-state index contributed by atoms with van der Waals surface area (Å²) in [4.78, 5) is 2.19. The first kappa shape index (κ1) is 20.0. The van der Waals surface area contributed by atoms with Gasteiger partial charge in [0.25, 0.3) is 0 Å². The van der Waals surface area contributed by atoms with Gasteiger partial charge in [-0.1, -0.05) is 48.5 Å². The Hall–Kier alpha value is -3.29. The number of rotatable bonds is 8. The predicted molar refractivity (Wildman–Crippen MR) is 117 cm³/mol. The smallest absolute Gasteiger partial charge is 0.183 e. The van der Waals surface area contributed by atoms with Crippen LogP contribution >= 0.6 is 0 Å². The van der Waals surface area contributed by atoms with Crippen molar-refractivity contribution in [2.45, 2.75) is 12.6 Å². The fourth-order valence-corrected chi connectivity index (χ4v) is 3.69. The van der Waals surface area contributed by atoms with Crippen LogP contribution < -0.4 is 10.1 Å². The summed E-state index contributed by atoms with van der Waals surface area (Å²) in [6.45, 7) is 1.42. The molecule has 1 N–H and O–H groups in total. The highest BCUT2D eigenvalue weighted by molar-refractivity contribution is 5.66. The van der Waals surface area contributed by atoms with Gasteiger partial charge in [0.1, 0.15) is 5.75 Å². The number of methoxy groups -OCH3 is 1. The van der Waals surface area contributed by atoms with Crippen LogP contribution in [0.25, 0.3) is 16.8 Å². The Morgan fingerprint density at radius 2 is 1.80 bits per heavy atom. The highest BCUT2D eigenvalue weighted by Crippen LogP contribution is 2.27. The summed E-state index contributed by atoms with van der Waals surface area (Å²) in [6.07, 6.45) is 1.96. The van der Waals surface area contributed by atoms with Crippen molar-refractivity contribution in [1.29, 1.82) is 0 Å². The van der Waals surface area contributed by atoms with Crippen LogP contribution in [0.5, 0.6) is 5.75 Å². The van der Waals surface area contributed by atoms with E-state index >= 15 is 0 Å². The van der Waals surface area contributed by atoms with E-state index in [4.69, 9.17) is 4.74 Å². The number of pyridine rings is 1. The van der Waals surface area contributed by atoms with Gasteiger partial charge in [0.05, 0.1) is 13.2 Å². The third-order valence-electron chi connectivity index (χ3n) is 5.25. The van der Waals surface area contributed by atoms with Crippen LogP contribution in [0.4, 0.5) is 0 Å². The molecule has 0 amide bonds. The van der Waals surface area contributed by atoms with E-state index in [-0.39, 0.29) is 6.04 Å². The molecule has 4 aromatic rings. The van der Waals surface area contributed by atoms with Gasteiger partial charge in [-0.15, -0.1) is 5.10 Å². The quantitative estimate of drug-likeness (QED) is 0.488. The van der Waals surface area contributed by atoms with Gasteiger partial charge in [0, 0.05) is 36.0 Å². The molecule has 0 aliphatic heterocycles. The van der Waals surface area contributed by atoms with Gasteiger partial charge in [-0.3, -0.25) is 0 Å². The van der Waals surface area contributed by atoms with Crippen molar-refractivity contribution in [3.05, 3.63) is 78.0 Å². The zero-order chi connectivity index (χ0) is 20.9. The van der Waals surface area contributed by atoms with Crippen LogP contribution in [0.3, 0.4) is 0 Å². The SMILES string of the molecule is COc1ccccc1[C@@H](CNCc1cc(-c2ccccc2)cn2nnnc12)N(C)C. The summed E-state index contributed by atoms with van der Waals surface area (Å²) < 4.78 is 7.31. The molecular formula is C23H26N6O. The molecule has 4 rings (SSSR count). The minimum absolute atomic E-state index is 0.172. The topological polar surface area (TPSA) is 67.6 Å². The second-order valence-electron chi connectivity index (χ2n) is 7.42. The van der Waals surface area contributed by atoms with E-state index in [2.05, 4.69) is 64.1 Å². The van der Waals surface area contributed by atoms with E-state index in [9.17, 15) is 0 Å². The summed E-state index contributed by atoms with van der Waals surface area (Å²) in [7, 11) is 5.87. The fourth-order valence-electron chi connectivity index (χ4n) is 3.69. The van der Waals surface area contributed by atoms with Crippen molar-refractivity contribution >= 4 is 5.65 Å². The number of hydrogen-bond donors (Lipinski definition) is 1. The molecule has 154 valence electrons. The minimum Gasteiger partial charge on any atom is -0.496 e. The fraction of sp³-hybridized carbons (Fsp3) is 0.261. The molecule has 2 heterocycles. The van der Waals surface area contributed by atoms with E-state index in [1.807, 2.05) is 42.6 Å². The van der Waals surface area contributed by atoms with Crippen molar-refractivity contribution in [2.24, 2.45) is 0 Å². The average Bonchev–Trinajstić information content (AvgIpc) is 3.26. The maximum atomic E-state index is 5.57. The molecule has 0 aliphatic carbocycles. The first-order valence-electron chi connectivity index (χ1n) is 9.93. The maximum Gasteiger partial charge on any atom is 0.183 e. The molecule has 0 radical (unpaired) electrons. The van der Waals surface area contributed by atoms with Gasteiger partial charge in [0.15, 0.2) is 5.65 Å². The van der Waals surface area contributed by atoms with E-state index in [1.54, 1.807) is 11.6 Å². The van der Waals surface area contributed by atoms with Crippen molar-refractivity contribution in [3.63, 3.8) is 0 Å². The number of ether oxygens (including phenoxy) is 1. The van der Waals surface area contributed by atoms with Crippen LogP contribution in [0.15, 0.2) is 66.9 Å². The van der Waals surface area contributed by atoms with Crippen molar-refractivity contribution in [1.82, 2.24) is 30.3 Å². The molecule has 0 saturated heterocycles. The van der Waals surface area contributed by atoms with Crippen LogP contribution in [0.1, 0.15) is 17.2 Å². The summed E-state index contributed by atoms with van der Waals surface area (Å²) in [5.74, 6) is 0.896. The number of aromatic nitrogens is 4. The van der Waals surface area contributed by atoms with Crippen LogP contribution in [-0.2, 0) is 6.54 Å². The summed E-state index contributed by atoms with van der Waals surface area (Å²) in [5.41, 5.74) is 5.20. The van der Waals surface area contributed by atoms with Crippen LogP contribution in [0.2, 0.25) is 0 Å². The molecule has 30 heavy (non-hydrogen) atoms. The Labute approximate surface area is 176 Å². The van der Waals surface area contributed by atoms with Crippen molar-refractivity contribution in [3.8, 4) is 16.9 Å². The molecule has 1 atom stereocenters. The van der Waals surface area contributed by atoms with Gasteiger partial charge < -0.3 is 15.0 Å². The molecule has 7 heteroatoms. The lowest BCUT2D eigenvalue weighted by atomic mass is 10.0. The normalized spacial score (nSPS) is 12.4. The van der Waals surface area contributed by atoms with Gasteiger partial charge in [-0.05, 0) is 42.2 Å². The lowest BCUT2D eigenvalue weighted by Crippen LogP contribution is -2.31. The van der Waals surface area contributed by atoms with E-state index < -0.39 is 0 Å². The summed E-state index contributed by atoms with van der Waals surface area (Å²) >= 11 is 0. The Bertz CT molecular complexity index is 1110. The van der Waals surface area contributed by atoms with Gasteiger partial charge in [-0.25, -0.2) is 0 Å². The number of benzene rings is 2. The molecule has 0 saturated carbocycles. The first-order chi connectivity index (χ1) is 14.7. The molecule has 0 aliphatic rings. The molecule has 0 unspecified atom stereocenters. The largest absolute Gasteiger partial charge is 0.496 e. The number of hydrogen-bond acceptors (Lipinski definition) is 6. The van der Waals surface area contributed by atoms with Crippen LogP contribution in [0, 0.1) is 0 Å². The zero-order valence-electron chi connectivity index (χ0n) is 17.5. The van der Waals surface area contributed by atoms with E-state index in [0.29, 0.717) is 6.54 Å². The Morgan fingerprint density at radius 3 is 2.57 bits per heavy atom. The van der Waals surface area contributed by atoms with Gasteiger partial charge in [-0.2, -0.15) is 4.52 Å². The lowest BCUT2D eigenvalue weighted by molar-refractivity contribution is 0.279. The average molecular weight is 403 g/mol. The second-order valence-corrected chi connectivity index (χ2v) is 7.42. The van der Waals surface area contributed by atoms with E-state index in [1.165, 1.54) is 0 Å². The van der Waals surface area contributed by atoms with Gasteiger partial charge >= 0.3 is 0 Å². The number of fused-ring (bicyclic) bond motifs is 1. The molecule has 2 aromatic carbocycles. The number of nitrogens with zero attached hydrogens (tertiary/aromatic N) is 5.